The highest BCUT2D eigenvalue weighted by Crippen LogP contribution is 2.32. The van der Waals surface area contributed by atoms with Crippen molar-refractivity contribution in [3.8, 4) is 0 Å². The molecule has 31 heavy (non-hydrogen) atoms. The van der Waals surface area contributed by atoms with E-state index in [4.69, 9.17) is 0 Å². The van der Waals surface area contributed by atoms with E-state index in [0.717, 1.165) is 31.4 Å². The van der Waals surface area contributed by atoms with Crippen molar-refractivity contribution in [1.29, 1.82) is 0 Å². The van der Waals surface area contributed by atoms with Gasteiger partial charge in [0.25, 0.3) is 0 Å². The average molecular weight is 430 g/mol. The summed E-state index contributed by atoms with van der Waals surface area (Å²) in [7, 11) is 0. The summed E-state index contributed by atoms with van der Waals surface area (Å²) in [6.45, 7) is 5.52. The lowest BCUT2D eigenvalue weighted by Gasteiger charge is -2.38. The molecule has 0 radical (unpaired) electrons. The second-order valence-electron chi connectivity index (χ2n) is 7.74. The number of alkyl halides is 3. The molecule has 6 nitrogen and oxygen atoms in total. The standard InChI is InChI=1S/C22H25F3N6/c1-17(21-26-27-28-31(21)11-10-18-6-3-2-4-7-18)29-12-14-30(15-13-29)20-9-5-8-19(16-20)22(23,24)25/h2-9,16-17H,10-15H2,1H3/t17-/m1/s1. The van der Waals surface area contributed by atoms with E-state index in [1.807, 2.05) is 27.8 Å². The molecule has 1 saturated heterocycles. The summed E-state index contributed by atoms with van der Waals surface area (Å²) in [6, 6.07) is 15.8. The fraction of sp³-hybridized carbons (Fsp3) is 0.409. The third-order valence-electron chi connectivity index (χ3n) is 5.79. The number of aryl methyl sites for hydroxylation is 2. The second kappa shape index (κ2) is 9.05. The molecule has 0 N–H and O–H groups in total. The molecule has 0 spiro atoms. The summed E-state index contributed by atoms with van der Waals surface area (Å²) in [5, 5.41) is 12.3. The predicted octanol–water partition coefficient (Wildman–Crippen LogP) is 3.82. The number of hydrogen-bond donors (Lipinski definition) is 0. The molecular weight excluding hydrogens is 405 g/mol. The first kappa shape index (κ1) is 21.3. The molecule has 0 amide bonds. The largest absolute Gasteiger partial charge is 0.416 e. The fourth-order valence-corrected chi connectivity index (χ4v) is 3.96. The van der Waals surface area contributed by atoms with E-state index in [2.05, 4.69) is 39.5 Å². The molecule has 2 heterocycles. The Balaban J connectivity index is 1.37. The van der Waals surface area contributed by atoms with Crippen molar-refractivity contribution in [3.05, 3.63) is 71.5 Å². The lowest BCUT2D eigenvalue weighted by atomic mass is 10.1. The van der Waals surface area contributed by atoms with Crippen LogP contribution < -0.4 is 4.90 Å². The lowest BCUT2D eigenvalue weighted by molar-refractivity contribution is -0.137. The molecule has 9 heteroatoms. The van der Waals surface area contributed by atoms with Gasteiger partial charge in [0, 0.05) is 38.4 Å². The molecule has 1 atom stereocenters. The monoisotopic (exact) mass is 430 g/mol. The van der Waals surface area contributed by atoms with E-state index in [-0.39, 0.29) is 6.04 Å². The Morgan fingerprint density at radius 2 is 1.71 bits per heavy atom. The highest BCUT2D eigenvalue weighted by atomic mass is 19.4. The third-order valence-corrected chi connectivity index (χ3v) is 5.79. The van der Waals surface area contributed by atoms with Gasteiger partial charge in [0.1, 0.15) is 0 Å². The van der Waals surface area contributed by atoms with Crippen LogP contribution in [0.1, 0.15) is 29.9 Å². The Hall–Kier alpha value is -2.94. The van der Waals surface area contributed by atoms with Crippen LogP contribution in [0.5, 0.6) is 0 Å². The molecule has 1 aliphatic heterocycles. The zero-order valence-electron chi connectivity index (χ0n) is 17.3. The normalized spacial score (nSPS) is 16.5. The van der Waals surface area contributed by atoms with Gasteiger partial charge in [0.05, 0.1) is 11.6 Å². The highest BCUT2D eigenvalue weighted by molar-refractivity contribution is 5.49. The van der Waals surface area contributed by atoms with Gasteiger partial charge in [-0.05, 0) is 47.5 Å². The van der Waals surface area contributed by atoms with Crippen LogP contribution in [0.2, 0.25) is 0 Å². The van der Waals surface area contributed by atoms with Gasteiger partial charge in [-0.3, -0.25) is 4.90 Å². The van der Waals surface area contributed by atoms with Gasteiger partial charge >= 0.3 is 6.18 Å². The molecule has 4 rings (SSSR count). The number of piperazine rings is 1. The van der Waals surface area contributed by atoms with E-state index in [0.29, 0.717) is 25.3 Å². The van der Waals surface area contributed by atoms with Gasteiger partial charge in [-0.2, -0.15) is 13.2 Å². The molecule has 1 fully saturated rings. The smallest absolute Gasteiger partial charge is 0.369 e. The molecule has 0 saturated carbocycles. The maximum Gasteiger partial charge on any atom is 0.416 e. The third kappa shape index (κ3) is 5.04. The minimum absolute atomic E-state index is 0.0226. The number of hydrogen-bond acceptors (Lipinski definition) is 5. The number of anilines is 1. The minimum atomic E-state index is -4.33. The Morgan fingerprint density at radius 1 is 0.968 bits per heavy atom. The molecule has 0 unspecified atom stereocenters. The molecule has 1 aliphatic rings. The van der Waals surface area contributed by atoms with Crippen LogP contribution in [-0.4, -0.2) is 51.3 Å². The molecular formula is C22H25F3N6. The molecule has 1 aromatic heterocycles. The van der Waals surface area contributed by atoms with Gasteiger partial charge in [0.2, 0.25) is 0 Å². The summed E-state index contributed by atoms with van der Waals surface area (Å²) in [4.78, 5) is 4.27. The average Bonchev–Trinajstić information content (AvgIpc) is 3.26. The zero-order chi connectivity index (χ0) is 21.8. The van der Waals surface area contributed by atoms with Crippen molar-refractivity contribution in [3.63, 3.8) is 0 Å². The van der Waals surface area contributed by atoms with Crippen LogP contribution in [0.25, 0.3) is 0 Å². The van der Waals surface area contributed by atoms with Crippen LogP contribution in [0.3, 0.4) is 0 Å². The van der Waals surface area contributed by atoms with Crippen LogP contribution in [0.4, 0.5) is 18.9 Å². The summed E-state index contributed by atoms with van der Waals surface area (Å²) >= 11 is 0. The molecule has 0 aliphatic carbocycles. The lowest BCUT2D eigenvalue weighted by Crippen LogP contribution is -2.47. The summed E-state index contributed by atoms with van der Waals surface area (Å²) < 4.78 is 40.9. The fourth-order valence-electron chi connectivity index (χ4n) is 3.96. The van der Waals surface area contributed by atoms with Crippen LogP contribution in [0.15, 0.2) is 54.6 Å². The van der Waals surface area contributed by atoms with Crippen molar-refractivity contribution in [2.75, 3.05) is 31.1 Å². The minimum Gasteiger partial charge on any atom is -0.369 e. The van der Waals surface area contributed by atoms with Crippen LogP contribution in [-0.2, 0) is 19.1 Å². The molecule has 164 valence electrons. The van der Waals surface area contributed by atoms with E-state index in [1.165, 1.54) is 17.7 Å². The zero-order valence-corrected chi connectivity index (χ0v) is 17.3. The quantitative estimate of drug-likeness (QED) is 0.595. The Kier molecular flexibility index (Phi) is 6.22. The van der Waals surface area contributed by atoms with Crippen molar-refractivity contribution in [1.82, 2.24) is 25.1 Å². The summed E-state index contributed by atoms with van der Waals surface area (Å²) in [6.07, 6.45) is -3.49. The summed E-state index contributed by atoms with van der Waals surface area (Å²) in [5.41, 5.74) is 1.22. The molecule has 3 aromatic rings. The van der Waals surface area contributed by atoms with Crippen LogP contribution >= 0.6 is 0 Å². The molecule has 0 bridgehead atoms. The van der Waals surface area contributed by atoms with E-state index >= 15 is 0 Å². The second-order valence-corrected chi connectivity index (χ2v) is 7.74. The Labute approximate surface area is 179 Å². The van der Waals surface area contributed by atoms with Crippen molar-refractivity contribution in [2.45, 2.75) is 32.1 Å². The Morgan fingerprint density at radius 3 is 2.42 bits per heavy atom. The number of rotatable bonds is 6. The number of benzene rings is 2. The number of halogens is 3. The number of nitrogens with zero attached hydrogens (tertiary/aromatic N) is 6. The first-order chi connectivity index (χ1) is 14.9. The maximum atomic E-state index is 13.0. The van der Waals surface area contributed by atoms with Crippen molar-refractivity contribution >= 4 is 5.69 Å². The predicted molar refractivity (Wildman–Crippen MR) is 112 cm³/mol. The van der Waals surface area contributed by atoms with Gasteiger partial charge < -0.3 is 4.90 Å². The van der Waals surface area contributed by atoms with Gasteiger partial charge in [-0.15, -0.1) is 5.10 Å². The topological polar surface area (TPSA) is 50.1 Å². The van der Waals surface area contributed by atoms with Gasteiger partial charge in [-0.1, -0.05) is 36.4 Å². The van der Waals surface area contributed by atoms with Crippen molar-refractivity contribution < 1.29 is 13.2 Å². The van der Waals surface area contributed by atoms with Crippen molar-refractivity contribution in [2.24, 2.45) is 0 Å². The van der Waals surface area contributed by atoms with Gasteiger partial charge in [-0.25, -0.2) is 4.68 Å². The highest BCUT2D eigenvalue weighted by Gasteiger charge is 2.31. The first-order valence-electron chi connectivity index (χ1n) is 10.4. The molecule has 2 aromatic carbocycles. The number of tetrazole rings is 1. The van der Waals surface area contributed by atoms with Gasteiger partial charge in [0.15, 0.2) is 5.82 Å². The SMILES string of the molecule is C[C@H](c1nnnn1CCc1ccccc1)N1CCN(c2cccc(C(F)(F)F)c2)CC1. The van der Waals surface area contributed by atoms with E-state index in [9.17, 15) is 13.2 Å². The van der Waals surface area contributed by atoms with E-state index < -0.39 is 11.7 Å². The maximum absolute atomic E-state index is 13.0. The Bertz CT molecular complexity index is 980. The van der Waals surface area contributed by atoms with E-state index in [1.54, 1.807) is 6.07 Å². The van der Waals surface area contributed by atoms with Crippen LogP contribution in [0, 0.1) is 0 Å². The summed E-state index contributed by atoms with van der Waals surface area (Å²) in [5.74, 6) is 0.809. The number of aromatic nitrogens is 4. The first-order valence-corrected chi connectivity index (χ1v) is 10.4.